The van der Waals surface area contributed by atoms with Crippen LogP contribution < -0.4 is 4.74 Å². The smallest absolute Gasteiger partial charge is 0.236 e. The number of morpholine rings is 1. The Morgan fingerprint density at radius 3 is 2.40 bits per heavy atom. The van der Waals surface area contributed by atoms with Crippen LogP contribution in [0.4, 0.5) is 0 Å². The lowest BCUT2D eigenvalue weighted by molar-refractivity contribution is -0.144. The minimum absolute atomic E-state index is 0.133. The van der Waals surface area contributed by atoms with Crippen LogP contribution in [0.1, 0.15) is 26.7 Å². The molecule has 2 aliphatic rings. The van der Waals surface area contributed by atoms with Gasteiger partial charge in [-0.1, -0.05) is 18.2 Å². The standard InChI is InChI=1S/C20H30N2O3/c1-16-12-22(13-17(2)25-16)20(23)14-21-10-8-18(9-11-21)15-24-19-6-4-3-5-7-19/h3-7,16-18H,8-15H2,1-2H3. The van der Waals surface area contributed by atoms with Crippen molar-refractivity contribution < 1.29 is 14.3 Å². The normalized spacial score (nSPS) is 25.8. The van der Waals surface area contributed by atoms with Crippen molar-refractivity contribution in [3.63, 3.8) is 0 Å². The average Bonchev–Trinajstić information content (AvgIpc) is 2.61. The van der Waals surface area contributed by atoms with E-state index in [1.807, 2.05) is 49.1 Å². The zero-order valence-electron chi connectivity index (χ0n) is 15.4. The van der Waals surface area contributed by atoms with E-state index in [9.17, 15) is 4.79 Å². The molecule has 2 unspecified atom stereocenters. The first-order valence-electron chi connectivity index (χ1n) is 9.43. The number of carbonyl (C=O) groups is 1. The van der Waals surface area contributed by atoms with Gasteiger partial charge in [0.15, 0.2) is 0 Å². The topological polar surface area (TPSA) is 42.0 Å². The molecule has 1 aromatic carbocycles. The van der Waals surface area contributed by atoms with Gasteiger partial charge in [-0.3, -0.25) is 9.69 Å². The second-order valence-electron chi connectivity index (χ2n) is 7.40. The Morgan fingerprint density at radius 2 is 1.76 bits per heavy atom. The van der Waals surface area contributed by atoms with Crippen LogP contribution in [-0.2, 0) is 9.53 Å². The highest BCUT2D eigenvalue weighted by Crippen LogP contribution is 2.20. The largest absolute Gasteiger partial charge is 0.493 e. The van der Waals surface area contributed by atoms with E-state index in [1.165, 1.54) is 0 Å². The third-order valence-corrected chi connectivity index (χ3v) is 5.07. The number of amides is 1. The molecule has 3 rings (SSSR count). The number of ether oxygens (including phenoxy) is 2. The molecule has 25 heavy (non-hydrogen) atoms. The van der Waals surface area contributed by atoms with Crippen LogP contribution in [-0.4, -0.2) is 67.2 Å². The maximum absolute atomic E-state index is 12.6. The third-order valence-electron chi connectivity index (χ3n) is 5.07. The monoisotopic (exact) mass is 346 g/mol. The fourth-order valence-corrected chi connectivity index (χ4v) is 3.71. The highest BCUT2D eigenvalue weighted by atomic mass is 16.5. The van der Waals surface area contributed by atoms with Gasteiger partial charge in [0, 0.05) is 13.1 Å². The van der Waals surface area contributed by atoms with Gasteiger partial charge in [-0.15, -0.1) is 0 Å². The van der Waals surface area contributed by atoms with Crippen molar-refractivity contribution in [3.05, 3.63) is 30.3 Å². The van der Waals surface area contributed by atoms with Gasteiger partial charge >= 0.3 is 0 Å². The van der Waals surface area contributed by atoms with Gasteiger partial charge in [0.1, 0.15) is 5.75 Å². The molecule has 2 fully saturated rings. The number of piperidine rings is 1. The molecule has 1 aromatic rings. The van der Waals surface area contributed by atoms with Gasteiger partial charge in [-0.2, -0.15) is 0 Å². The van der Waals surface area contributed by atoms with E-state index >= 15 is 0 Å². The highest BCUT2D eigenvalue weighted by Gasteiger charge is 2.28. The Labute approximate surface area is 150 Å². The van der Waals surface area contributed by atoms with E-state index < -0.39 is 0 Å². The molecule has 2 atom stereocenters. The van der Waals surface area contributed by atoms with Crippen molar-refractivity contribution in [2.75, 3.05) is 39.3 Å². The van der Waals surface area contributed by atoms with Crippen molar-refractivity contribution in [2.45, 2.75) is 38.9 Å². The first-order valence-corrected chi connectivity index (χ1v) is 9.43. The second kappa shape index (κ2) is 8.68. The lowest BCUT2D eigenvalue weighted by Crippen LogP contribution is -2.51. The fraction of sp³-hybridized carbons (Fsp3) is 0.650. The van der Waals surface area contributed by atoms with E-state index in [1.54, 1.807) is 0 Å². The van der Waals surface area contributed by atoms with Crippen LogP contribution in [0.3, 0.4) is 0 Å². The highest BCUT2D eigenvalue weighted by molar-refractivity contribution is 5.78. The van der Waals surface area contributed by atoms with Gasteiger partial charge in [0.2, 0.25) is 5.91 Å². The van der Waals surface area contributed by atoms with Gasteiger partial charge < -0.3 is 14.4 Å². The van der Waals surface area contributed by atoms with Crippen molar-refractivity contribution in [1.29, 1.82) is 0 Å². The third kappa shape index (κ3) is 5.44. The minimum Gasteiger partial charge on any atom is -0.493 e. The molecule has 0 aliphatic carbocycles. The summed E-state index contributed by atoms with van der Waals surface area (Å²) in [6, 6.07) is 9.99. The first kappa shape index (κ1) is 18.2. The second-order valence-corrected chi connectivity index (χ2v) is 7.40. The molecule has 0 spiro atoms. The van der Waals surface area contributed by atoms with E-state index in [4.69, 9.17) is 9.47 Å². The number of hydrogen-bond acceptors (Lipinski definition) is 4. The summed E-state index contributed by atoms with van der Waals surface area (Å²) >= 11 is 0. The Hall–Kier alpha value is -1.59. The summed E-state index contributed by atoms with van der Waals surface area (Å²) in [4.78, 5) is 16.8. The SMILES string of the molecule is CC1CN(C(=O)CN2CCC(COc3ccccc3)CC2)CC(C)O1. The van der Waals surface area contributed by atoms with Crippen LogP contribution >= 0.6 is 0 Å². The molecule has 2 heterocycles. The van der Waals surface area contributed by atoms with Crippen molar-refractivity contribution in [3.8, 4) is 5.75 Å². The van der Waals surface area contributed by atoms with E-state index in [-0.39, 0.29) is 18.1 Å². The van der Waals surface area contributed by atoms with Gasteiger partial charge in [0.05, 0.1) is 25.4 Å². The average molecular weight is 346 g/mol. The van der Waals surface area contributed by atoms with Crippen LogP contribution in [0.2, 0.25) is 0 Å². The number of rotatable bonds is 5. The maximum atomic E-state index is 12.6. The molecule has 1 amide bonds. The summed E-state index contributed by atoms with van der Waals surface area (Å²) in [6.07, 6.45) is 2.45. The minimum atomic E-state index is 0.133. The van der Waals surface area contributed by atoms with E-state index in [0.29, 0.717) is 25.6 Å². The summed E-state index contributed by atoms with van der Waals surface area (Å²) in [5.74, 6) is 1.76. The lowest BCUT2D eigenvalue weighted by Gasteiger charge is -2.37. The molecular weight excluding hydrogens is 316 g/mol. The Morgan fingerprint density at radius 1 is 1.12 bits per heavy atom. The molecule has 138 valence electrons. The molecule has 5 nitrogen and oxygen atoms in total. The zero-order valence-corrected chi connectivity index (χ0v) is 15.4. The van der Waals surface area contributed by atoms with Crippen LogP contribution in [0.15, 0.2) is 30.3 Å². The van der Waals surface area contributed by atoms with Crippen molar-refractivity contribution in [1.82, 2.24) is 9.80 Å². The summed E-state index contributed by atoms with van der Waals surface area (Å²) in [5.41, 5.74) is 0. The van der Waals surface area contributed by atoms with Gasteiger partial charge in [-0.05, 0) is 57.8 Å². The van der Waals surface area contributed by atoms with Crippen LogP contribution in [0.25, 0.3) is 0 Å². The molecule has 0 bridgehead atoms. The van der Waals surface area contributed by atoms with Gasteiger partial charge in [-0.25, -0.2) is 0 Å². The van der Waals surface area contributed by atoms with Crippen molar-refractivity contribution in [2.24, 2.45) is 5.92 Å². The molecule has 5 heteroatoms. The van der Waals surface area contributed by atoms with E-state index in [2.05, 4.69) is 4.90 Å². The lowest BCUT2D eigenvalue weighted by atomic mass is 9.98. The zero-order chi connectivity index (χ0) is 17.6. The molecule has 0 N–H and O–H groups in total. The number of carbonyl (C=O) groups excluding carboxylic acids is 1. The number of para-hydroxylation sites is 1. The Balaban J connectivity index is 1.38. The Kier molecular flexibility index (Phi) is 6.32. The van der Waals surface area contributed by atoms with Gasteiger partial charge in [0.25, 0.3) is 0 Å². The molecular formula is C20H30N2O3. The summed E-state index contributed by atoms with van der Waals surface area (Å²) in [5, 5.41) is 0. The molecule has 2 aliphatic heterocycles. The van der Waals surface area contributed by atoms with Crippen LogP contribution in [0, 0.1) is 5.92 Å². The van der Waals surface area contributed by atoms with E-state index in [0.717, 1.165) is 38.3 Å². The summed E-state index contributed by atoms with van der Waals surface area (Å²) in [7, 11) is 0. The maximum Gasteiger partial charge on any atom is 0.236 e. The molecule has 0 saturated carbocycles. The Bertz CT molecular complexity index is 533. The first-order chi connectivity index (χ1) is 12.1. The summed E-state index contributed by atoms with van der Waals surface area (Å²) in [6.45, 7) is 8.75. The number of likely N-dealkylation sites (tertiary alicyclic amines) is 1. The predicted molar refractivity (Wildman–Crippen MR) is 97.7 cm³/mol. The molecule has 2 saturated heterocycles. The fourth-order valence-electron chi connectivity index (χ4n) is 3.71. The quantitative estimate of drug-likeness (QED) is 0.821. The van der Waals surface area contributed by atoms with Crippen molar-refractivity contribution >= 4 is 5.91 Å². The van der Waals surface area contributed by atoms with Crippen LogP contribution in [0.5, 0.6) is 5.75 Å². The molecule has 0 radical (unpaired) electrons. The predicted octanol–water partition coefficient (Wildman–Crippen LogP) is 2.41. The number of benzene rings is 1. The molecule has 0 aromatic heterocycles. The summed E-state index contributed by atoms with van der Waals surface area (Å²) < 4.78 is 11.6. The number of hydrogen-bond donors (Lipinski definition) is 0. The number of nitrogens with zero attached hydrogens (tertiary/aromatic N) is 2.